The third kappa shape index (κ3) is 2.94. The average molecular weight is 344 g/mol. The number of rotatable bonds is 3. The Kier molecular flexibility index (Phi) is 4.41. The minimum Gasteiger partial charge on any atom is -0.322 e. The molecular formula is C18H24N4O3. The van der Waals surface area contributed by atoms with Crippen LogP contribution >= 0.6 is 0 Å². The van der Waals surface area contributed by atoms with Crippen LogP contribution in [0.5, 0.6) is 0 Å². The fraction of sp³-hybridized carbons (Fsp3) is 0.500. The topological polar surface area (TPSA) is 81.8 Å². The summed E-state index contributed by atoms with van der Waals surface area (Å²) in [6, 6.07) is 5.28. The number of nitrogens with zero attached hydrogens (tertiary/aromatic N) is 2. The van der Waals surface area contributed by atoms with Crippen LogP contribution in [0.2, 0.25) is 0 Å². The van der Waals surface area contributed by atoms with Gasteiger partial charge in [0.1, 0.15) is 5.54 Å². The van der Waals surface area contributed by atoms with E-state index in [0.717, 1.165) is 23.4 Å². The molecule has 7 nitrogen and oxygen atoms in total. The van der Waals surface area contributed by atoms with Gasteiger partial charge in [-0.3, -0.25) is 9.69 Å². The number of hydrogen-bond donors (Lipinski definition) is 2. The third-order valence-electron chi connectivity index (χ3n) is 5.14. The maximum absolute atomic E-state index is 12.6. The summed E-state index contributed by atoms with van der Waals surface area (Å²) in [5.74, 6) is -0.270. The highest BCUT2D eigenvalue weighted by molar-refractivity contribution is 6.07. The summed E-state index contributed by atoms with van der Waals surface area (Å²) in [5.41, 5.74) is 2.28. The molecule has 0 aliphatic carbocycles. The Labute approximate surface area is 147 Å². The number of benzene rings is 1. The second-order valence-corrected chi connectivity index (χ2v) is 6.67. The number of hydrogen-bond acceptors (Lipinski definition) is 3. The zero-order valence-corrected chi connectivity index (χ0v) is 14.9. The van der Waals surface area contributed by atoms with E-state index in [1.807, 2.05) is 18.2 Å². The van der Waals surface area contributed by atoms with Crippen molar-refractivity contribution < 1.29 is 14.4 Å². The standard InChI is InChI=1S/C18H24N4O3/c1-4-12-6-7-14(10-13(12)5-2)19-16(24)22-9-8-18(11-22)15(23)21(3)17(25)20-18/h6-7,10H,4-5,8-9,11H2,1-3H3,(H,19,24)(H,20,25)/t18-/m1/s1. The Morgan fingerprint density at radius 2 is 1.96 bits per heavy atom. The van der Waals surface area contributed by atoms with Crippen LogP contribution in [-0.2, 0) is 17.6 Å². The molecule has 25 heavy (non-hydrogen) atoms. The SMILES string of the molecule is CCc1ccc(NC(=O)N2CC[C@]3(C2)NC(=O)N(C)C3=O)cc1CC. The number of anilines is 1. The molecule has 0 saturated carbocycles. The molecule has 1 spiro atoms. The van der Waals surface area contributed by atoms with Crippen molar-refractivity contribution in [1.29, 1.82) is 0 Å². The van der Waals surface area contributed by atoms with Crippen molar-refractivity contribution in [1.82, 2.24) is 15.1 Å². The van der Waals surface area contributed by atoms with Gasteiger partial charge in [-0.15, -0.1) is 0 Å². The van der Waals surface area contributed by atoms with Gasteiger partial charge in [-0.1, -0.05) is 19.9 Å². The Hall–Kier alpha value is -2.57. The van der Waals surface area contributed by atoms with E-state index in [-0.39, 0.29) is 18.5 Å². The van der Waals surface area contributed by atoms with Gasteiger partial charge in [0.25, 0.3) is 5.91 Å². The monoisotopic (exact) mass is 344 g/mol. The first-order valence-corrected chi connectivity index (χ1v) is 8.68. The van der Waals surface area contributed by atoms with Gasteiger partial charge in [0.05, 0.1) is 6.54 Å². The van der Waals surface area contributed by atoms with E-state index in [2.05, 4.69) is 24.5 Å². The third-order valence-corrected chi connectivity index (χ3v) is 5.14. The first-order valence-electron chi connectivity index (χ1n) is 8.68. The van der Waals surface area contributed by atoms with Crippen molar-refractivity contribution in [3.63, 3.8) is 0 Å². The second-order valence-electron chi connectivity index (χ2n) is 6.67. The smallest absolute Gasteiger partial charge is 0.322 e. The van der Waals surface area contributed by atoms with E-state index in [4.69, 9.17) is 0 Å². The molecule has 2 aliphatic heterocycles. The van der Waals surface area contributed by atoms with Crippen LogP contribution in [0.25, 0.3) is 0 Å². The zero-order valence-electron chi connectivity index (χ0n) is 14.9. The van der Waals surface area contributed by atoms with Gasteiger partial charge >= 0.3 is 12.1 Å². The van der Waals surface area contributed by atoms with E-state index in [1.54, 1.807) is 4.90 Å². The molecule has 7 heteroatoms. The van der Waals surface area contributed by atoms with Crippen LogP contribution in [0.4, 0.5) is 15.3 Å². The molecule has 5 amide bonds. The Bertz CT molecular complexity index is 733. The number of carbonyl (C=O) groups is 3. The van der Waals surface area contributed by atoms with E-state index >= 15 is 0 Å². The number of likely N-dealkylation sites (N-methyl/N-ethyl adjacent to an activating group) is 1. The average Bonchev–Trinajstić information content (AvgIpc) is 3.13. The summed E-state index contributed by atoms with van der Waals surface area (Å²) >= 11 is 0. The number of aryl methyl sites for hydroxylation is 2. The number of urea groups is 2. The van der Waals surface area contributed by atoms with Crippen molar-refractivity contribution in [3.05, 3.63) is 29.3 Å². The van der Waals surface area contributed by atoms with Gasteiger partial charge in [0.15, 0.2) is 0 Å². The predicted molar refractivity (Wildman–Crippen MR) is 94.4 cm³/mol. The molecule has 0 unspecified atom stereocenters. The summed E-state index contributed by atoms with van der Waals surface area (Å²) in [4.78, 5) is 39.2. The van der Waals surface area contributed by atoms with Gasteiger partial charge < -0.3 is 15.5 Å². The molecule has 1 aromatic rings. The molecule has 1 aromatic carbocycles. The van der Waals surface area contributed by atoms with Crippen LogP contribution in [0, 0.1) is 0 Å². The maximum atomic E-state index is 12.6. The highest BCUT2D eigenvalue weighted by Gasteiger charge is 2.54. The molecule has 0 aromatic heterocycles. The second kappa shape index (κ2) is 6.38. The highest BCUT2D eigenvalue weighted by Crippen LogP contribution is 2.28. The lowest BCUT2D eigenvalue weighted by Crippen LogP contribution is -2.50. The van der Waals surface area contributed by atoms with Crippen LogP contribution in [0.1, 0.15) is 31.4 Å². The Balaban J connectivity index is 1.69. The molecule has 2 N–H and O–H groups in total. The zero-order chi connectivity index (χ0) is 18.2. The highest BCUT2D eigenvalue weighted by atomic mass is 16.2. The Morgan fingerprint density at radius 3 is 2.56 bits per heavy atom. The largest absolute Gasteiger partial charge is 0.324 e. The van der Waals surface area contributed by atoms with Gasteiger partial charge in [0, 0.05) is 19.3 Å². The lowest BCUT2D eigenvalue weighted by Gasteiger charge is -2.22. The van der Waals surface area contributed by atoms with Crippen molar-refractivity contribution in [2.24, 2.45) is 0 Å². The molecule has 2 saturated heterocycles. The van der Waals surface area contributed by atoms with Crippen LogP contribution in [0.3, 0.4) is 0 Å². The molecule has 2 heterocycles. The molecule has 0 bridgehead atoms. The Morgan fingerprint density at radius 1 is 1.24 bits per heavy atom. The van der Waals surface area contributed by atoms with Crippen LogP contribution < -0.4 is 10.6 Å². The first kappa shape index (κ1) is 17.3. The van der Waals surface area contributed by atoms with Crippen molar-refractivity contribution in [3.8, 4) is 0 Å². The number of imide groups is 1. The number of likely N-dealkylation sites (tertiary alicyclic amines) is 1. The van der Waals surface area contributed by atoms with E-state index in [9.17, 15) is 14.4 Å². The molecule has 3 rings (SSSR count). The van der Waals surface area contributed by atoms with Crippen molar-refractivity contribution in [2.45, 2.75) is 38.6 Å². The molecule has 2 fully saturated rings. The number of nitrogens with one attached hydrogen (secondary N) is 2. The lowest BCUT2D eigenvalue weighted by molar-refractivity contribution is -0.129. The van der Waals surface area contributed by atoms with Gasteiger partial charge in [-0.2, -0.15) is 0 Å². The number of amides is 5. The molecule has 2 aliphatic rings. The number of carbonyl (C=O) groups excluding carboxylic acids is 3. The summed E-state index contributed by atoms with van der Waals surface area (Å²) in [7, 11) is 1.46. The summed E-state index contributed by atoms with van der Waals surface area (Å²) < 4.78 is 0. The molecule has 134 valence electrons. The van der Waals surface area contributed by atoms with Crippen molar-refractivity contribution >= 4 is 23.7 Å². The van der Waals surface area contributed by atoms with Crippen LogP contribution in [-0.4, -0.2) is 53.4 Å². The summed E-state index contributed by atoms with van der Waals surface area (Å²) in [6.07, 6.45) is 2.30. The minimum absolute atomic E-state index is 0.196. The maximum Gasteiger partial charge on any atom is 0.324 e. The van der Waals surface area contributed by atoms with Gasteiger partial charge in [-0.25, -0.2) is 9.59 Å². The fourth-order valence-corrected chi connectivity index (χ4v) is 3.60. The quantitative estimate of drug-likeness (QED) is 0.823. The molecule has 1 atom stereocenters. The normalized spacial score (nSPS) is 22.7. The predicted octanol–water partition coefficient (Wildman–Crippen LogP) is 1.97. The van der Waals surface area contributed by atoms with Gasteiger partial charge in [0.2, 0.25) is 0 Å². The minimum atomic E-state index is -0.968. The first-order chi connectivity index (χ1) is 11.9. The summed E-state index contributed by atoms with van der Waals surface area (Å²) in [5, 5.41) is 5.63. The van der Waals surface area contributed by atoms with Gasteiger partial charge in [-0.05, 0) is 42.5 Å². The molecular weight excluding hydrogens is 320 g/mol. The lowest BCUT2D eigenvalue weighted by atomic mass is 9.99. The van der Waals surface area contributed by atoms with E-state index in [1.165, 1.54) is 18.2 Å². The fourth-order valence-electron chi connectivity index (χ4n) is 3.60. The molecule has 0 radical (unpaired) electrons. The van der Waals surface area contributed by atoms with Crippen LogP contribution in [0.15, 0.2) is 18.2 Å². The summed E-state index contributed by atoms with van der Waals surface area (Å²) in [6.45, 7) is 4.83. The van der Waals surface area contributed by atoms with E-state index < -0.39 is 11.6 Å². The van der Waals surface area contributed by atoms with E-state index in [0.29, 0.717) is 13.0 Å². The van der Waals surface area contributed by atoms with Crippen molar-refractivity contribution in [2.75, 3.05) is 25.5 Å².